The SMILES string of the molecule is CCc1ccc(N(CC)S(=O)(=O)c2ccc3ccccc3c2)cc1. The highest BCUT2D eigenvalue weighted by Crippen LogP contribution is 2.26. The highest BCUT2D eigenvalue weighted by molar-refractivity contribution is 7.92. The summed E-state index contributed by atoms with van der Waals surface area (Å²) in [6, 6.07) is 20.8. The summed E-state index contributed by atoms with van der Waals surface area (Å²) < 4.78 is 27.6. The molecule has 0 fully saturated rings. The quantitative estimate of drug-likeness (QED) is 0.680. The maximum atomic E-state index is 13.1. The minimum Gasteiger partial charge on any atom is -0.267 e. The number of hydrogen-bond donors (Lipinski definition) is 0. The summed E-state index contributed by atoms with van der Waals surface area (Å²) in [5, 5.41) is 1.96. The van der Waals surface area contributed by atoms with Crippen molar-refractivity contribution in [1.82, 2.24) is 0 Å². The minimum absolute atomic E-state index is 0.322. The van der Waals surface area contributed by atoms with E-state index < -0.39 is 10.0 Å². The smallest absolute Gasteiger partial charge is 0.264 e. The molecule has 4 heteroatoms. The van der Waals surface area contributed by atoms with Crippen LogP contribution in [-0.4, -0.2) is 15.0 Å². The molecule has 0 aliphatic carbocycles. The Hall–Kier alpha value is -2.33. The van der Waals surface area contributed by atoms with E-state index >= 15 is 0 Å². The second-order valence-corrected chi connectivity index (χ2v) is 7.56. The monoisotopic (exact) mass is 339 g/mol. The van der Waals surface area contributed by atoms with Gasteiger partial charge < -0.3 is 0 Å². The number of anilines is 1. The molecule has 0 saturated heterocycles. The highest BCUT2D eigenvalue weighted by atomic mass is 32.2. The minimum atomic E-state index is -3.58. The van der Waals surface area contributed by atoms with E-state index in [9.17, 15) is 8.42 Å². The van der Waals surface area contributed by atoms with Crippen molar-refractivity contribution in [2.45, 2.75) is 25.2 Å². The molecule has 3 nitrogen and oxygen atoms in total. The van der Waals surface area contributed by atoms with Gasteiger partial charge in [0.05, 0.1) is 10.6 Å². The van der Waals surface area contributed by atoms with Crippen molar-refractivity contribution in [2.75, 3.05) is 10.8 Å². The van der Waals surface area contributed by atoms with E-state index in [-0.39, 0.29) is 0 Å². The van der Waals surface area contributed by atoms with Crippen molar-refractivity contribution >= 4 is 26.5 Å². The normalized spacial score (nSPS) is 11.6. The zero-order valence-corrected chi connectivity index (χ0v) is 14.8. The van der Waals surface area contributed by atoms with Gasteiger partial charge in [0.2, 0.25) is 0 Å². The molecule has 0 radical (unpaired) electrons. The summed E-state index contributed by atoms with van der Waals surface area (Å²) in [6.45, 7) is 4.32. The first kappa shape index (κ1) is 16.5. The highest BCUT2D eigenvalue weighted by Gasteiger charge is 2.23. The van der Waals surface area contributed by atoms with Gasteiger partial charge in [0, 0.05) is 6.54 Å². The van der Waals surface area contributed by atoms with E-state index in [0.717, 1.165) is 17.2 Å². The van der Waals surface area contributed by atoms with Crippen LogP contribution in [0.3, 0.4) is 0 Å². The summed E-state index contributed by atoms with van der Waals surface area (Å²) in [6.07, 6.45) is 0.934. The van der Waals surface area contributed by atoms with Crippen LogP contribution < -0.4 is 4.31 Å². The Bertz CT molecular complexity index is 947. The largest absolute Gasteiger partial charge is 0.267 e. The predicted octanol–water partition coefficient (Wildman–Crippen LogP) is 4.62. The van der Waals surface area contributed by atoms with Crippen molar-refractivity contribution in [2.24, 2.45) is 0 Å². The zero-order valence-electron chi connectivity index (χ0n) is 13.9. The summed E-state index contributed by atoms with van der Waals surface area (Å²) in [7, 11) is -3.58. The summed E-state index contributed by atoms with van der Waals surface area (Å²) in [5.41, 5.74) is 1.89. The number of hydrogen-bond acceptors (Lipinski definition) is 2. The van der Waals surface area contributed by atoms with Crippen molar-refractivity contribution in [3.05, 3.63) is 72.3 Å². The van der Waals surface area contributed by atoms with Gasteiger partial charge in [-0.15, -0.1) is 0 Å². The van der Waals surface area contributed by atoms with Crippen LogP contribution in [0.5, 0.6) is 0 Å². The van der Waals surface area contributed by atoms with Gasteiger partial charge in [0.1, 0.15) is 0 Å². The topological polar surface area (TPSA) is 37.4 Å². The van der Waals surface area contributed by atoms with Gasteiger partial charge in [-0.25, -0.2) is 8.42 Å². The van der Waals surface area contributed by atoms with Crippen LogP contribution in [0, 0.1) is 0 Å². The molecule has 0 aliphatic rings. The van der Waals surface area contributed by atoms with Gasteiger partial charge in [-0.2, -0.15) is 0 Å². The molecule has 0 unspecified atom stereocenters. The molecular formula is C20H21NO2S. The maximum absolute atomic E-state index is 13.1. The van der Waals surface area contributed by atoms with Crippen LogP contribution >= 0.6 is 0 Å². The first-order valence-corrected chi connectivity index (χ1v) is 9.60. The first-order valence-electron chi connectivity index (χ1n) is 8.16. The van der Waals surface area contributed by atoms with Crippen LogP contribution in [0.15, 0.2) is 71.6 Å². The number of sulfonamides is 1. The van der Waals surface area contributed by atoms with Crippen LogP contribution in [-0.2, 0) is 16.4 Å². The fraction of sp³-hybridized carbons (Fsp3) is 0.200. The average Bonchev–Trinajstić information content (AvgIpc) is 2.62. The predicted molar refractivity (Wildman–Crippen MR) is 100.0 cm³/mol. The van der Waals surface area contributed by atoms with E-state index in [2.05, 4.69) is 6.92 Å². The second-order valence-electron chi connectivity index (χ2n) is 5.70. The van der Waals surface area contributed by atoms with E-state index in [1.807, 2.05) is 61.5 Å². The van der Waals surface area contributed by atoms with Crippen molar-refractivity contribution in [1.29, 1.82) is 0 Å². The van der Waals surface area contributed by atoms with Crippen molar-refractivity contribution in [3.63, 3.8) is 0 Å². The molecule has 3 aromatic rings. The third-order valence-electron chi connectivity index (χ3n) is 4.23. The van der Waals surface area contributed by atoms with Gasteiger partial charge in [0.15, 0.2) is 0 Å². The number of benzene rings is 3. The molecule has 124 valence electrons. The summed E-state index contributed by atoms with van der Waals surface area (Å²) >= 11 is 0. The zero-order chi connectivity index (χ0) is 17.2. The number of fused-ring (bicyclic) bond motifs is 1. The van der Waals surface area contributed by atoms with E-state index in [0.29, 0.717) is 17.1 Å². The van der Waals surface area contributed by atoms with Crippen molar-refractivity contribution in [3.8, 4) is 0 Å². The maximum Gasteiger partial charge on any atom is 0.264 e. The number of nitrogens with zero attached hydrogens (tertiary/aromatic N) is 1. The van der Waals surface area contributed by atoms with Crippen LogP contribution in [0.25, 0.3) is 10.8 Å². The molecule has 0 N–H and O–H groups in total. The molecular weight excluding hydrogens is 318 g/mol. The molecule has 0 aromatic heterocycles. The molecule has 0 heterocycles. The lowest BCUT2D eigenvalue weighted by atomic mass is 10.1. The van der Waals surface area contributed by atoms with E-state index in [1.54, 1.807) is 12.1 Å². The molecule has 0 atom stereocenters. The van der Waals surface area contributed by atoms with Crippen LogP contribution in [0.1, 0.15) is 19.4 Å². The molecule has 0 saturated carbocycles. The third-order valence-corrected chi connectivity index (χ3v) is 6.13. The lowest BCUT2D eigenvalue weighted by Gasteiger charge is -2.23. The Morgan fingerprint density at radius 3 is 2.12 bits per heavy atom. The third kappa shape index (κ3) is 3.02. The van der Waals surface area contributed by atoms with Gasteiger partial charge in [-0.3, -0.25) is 4.31 Å². The molecule has 3 rings (SSSR count). The van der Waals surface area contributed by atoms with Gasteiger partial charge in [-0.05, 0) is 53.9 Å². The molecule has 3 aromatic carbocycles. The Balaban J connectivity index is 2.04. The van der Waals surface area contributed by atoms with E-state index in [1.165, 1.54) is 9.87 Å². The molecule has 0 spiro atoms. The number of aryl methyl sites for hydroxylation is 1. The van der Waals surface area contributed by atoms with Gasteiger partial charge in [0.25, 0.3) is 10.0 Å². The van der Waals surface area contributed by atoms with Crippen LogP contribution in [0.4, 0.5) is 5.69 Å². The fourth-order valence-electron chi connectivity index (χ4n) is 2.84. The number of rotatable bonds is 5. The van der Waals surface area contributed by atoms with Crippen molar-refractivity contribution < 1.29 is 8.42 Å². The summed E-state index contributed by atoms with van der Waals surface area (Å²) in [4.78, 5) is 0.322. The van der Waals surface area contributed by atoms with Gasteiger partial charge >= 0.3 is 0 Å². The second kappa shape index (κ2) is 6.65. The molecule has 0 bridgehead atoms. The average molecular weight is 339 g/mol. The van der Waals surface area contributed by atoms with E-state index in [4.69, 9.17) is 0 Å². The Morgan fingerprint density at radius 2 is 1.50 bits per heavy atom. The van der Waals surface area contributed by atoms with Crippen LogP contribution in [0.2, 0.25) is 0 Å². The fourth-order valence-corrected chi connectivity index (χ4v) is 4.35. The summed E-state index contributed by atoms with van der Waals surface area (Å²) in [5.74, 6) is 0. The lowest BCUT2D eigenvalue weighted by Crippen LogP contribution is -2.30. The molecule has 0 aliphatic heterocycles. The van der Waals surface area contributed by atoms with Gasteiger partial charge in [-0.1, -0.05) is 49.4 Å². The Labute approximate surface area is 143 Å². The standard InChI is InChI=1S/C20H21NO2S/c1-3-16-9-12-19(13-10-16)21(4-2)24(22,23)20-14-11-17-7-5-6-8-18(17)15-20/h5-15H,3-4H2,1-2H3. The Morgan fingerprint density at radius 1 is 0.833 bits per heavy atom. The lowest BCUT2D eigenvalue weighted by molar-refractivity contribution is 0.592. The molecule has 24 heavy (non-hydrogen) atoms. The molecule has 0 amide bonds. The Kier molecular flexibility index (Phi) is 4.58. The first-order chi connectivity index (χ1) is 11.6.